The van der Waals surface area contributed by atoms with Gasteiger partial charge in [0.1, 0.15) is 0 Å². The lowest BCUT2D eigenvalue weighted by atomic mass is 10.1. The van der Waals surface area contributed by atoms with Gasteiger partial charge in [0.15, 0.2) is 0 Å². The molecule has 8 nitrogen and oxygen atoms in total. The van der Waals surface area contributed by atoms with Crippen molar-refractivity contribution in [3.05, 3.63) is 54.1 Å². The van der Waals surface area contributed by atoms with Gasteiger partial charge in [-0.3, -0.25) is 4.79 Å². The largest absolute Gasteiger partial charge is 0.350 e. The summed E-state index contributed by atoms with van der Waals surface area (Å²) >= 11 is 0. The second-order valence-corrected chi connectivity index (χ2v) is 7.11. The Kier molecular flexibility index (Phi) is 10.7. The van der Waals surface area contributed by atoms with E-state index in [-0.39, 0.29) is 42.8 Å². The van der Waals surface area contributed by atoms with Crippen molar-refractivity contribution in [2.24, 2.45) is 5.73 Å². The highest BCUT2D eigenvalue weighted by Crippen LogP contribution is 2.10. The summed E-state index contributed by atoms with van der Waals surface area (Å²) in [6.07, 6.45) is 4.79. The van der Waals surface area contributed by atoms with Crippen molar-refractivity contribution in [1.29, 1.82) is 0 Å². The molecule has 2 atom stereocenters. The summed E-state index contributed by atoms with van der Waals surface area (Å²) in [4.78, 5) is 30.3. The van der Waals surface area contributed by atoms with Crippen LogP contribution in [0.4, 0.5) is 4.79 Å². The van der Waals surface area contributed by atoms with Crippen LogP contribution in [0.15, 0.2) is 42.9 Å². The van der Waals surface area contributed by atoms with Gasteiger partial charge in [-0.2, -0.15) is 0 Å². The predicted molar refractivity (Wildman–Crippen MR) is 121 cm³/mol. The molecule has 166 valence electrons. The van der Waals surface area contributed by atoms with Crippen LogP contribution in [0, 0.1) is 0 Å². The Hall–Kier alpha value is -2.29. The quantitative estimate of drug-likeness (QED) is 0.587. The average molecular weight is 457 g/mol. The van der Waals surface area contributed by atoms with Crippen LogP contribution in [-0.4, -0.2) is 58.1 Å². The number of hydrogen-bond donors (Lipinski definition) is 3. The number of likely N-dealkylation sites (tertiary alicyclic amines) is 1. The van der Waals surface area contributed by atoms with Gasteiger partial charge in [0.05, 0.1) is 18.1 Å². The Bertz CT molecular complexity index is 802. The van der Waals surface area contributed by atoms with Crippen LogP contribution in [-0.2, 0) is 17.8 Å². The molecular formula is C20H30Cl2N6O2. The Morgan fingerprint density at radius 2 is 2.00 bits per heavy atom. The Morgan fingerprint density at radius 3 is 2.70 bits per heavy atom. The van der Waals surface area contributed by atoms with Crippen molar-refractivity contribution >= 4 is 36.8 Å². The minimum Gasteiger partial charge on any atom is -0.350 e. The topological polar surface area (TPSA) is 105 Å². The van der Waals surface area contributed by atoms with Gasteiger partial charge >= 0.3 is 6.03 Å². The highest BCUT2D eigenvalue weighted by atomic mass is 35.5. The molecule has 4 N–H and O–H groups in total. The number of nitrogens with zero attached hydrogens (tertiary/aromatic N) is 3. The van der Waals surface area contributed by atoms with Crippen LogP contribution >= 0.6 is 24.8 Å². The van der Waals surface area contributed by atoms with E-state index in [1.807, 2.05) is 35.9 Å². The molecule has 0 bridgehead atoms. The number of hydrogen-bond acceptors (Lipinski definition) is 4. The number of rotatable bonds is 7. The van der Waals surface area contributed by atoms with E-state index >= 15 is 0 Å². The van der Waals surface area contributed by atoms with Gasteiger partial charge < -0.3 is 25.8 Å². The number of benzene rings is 1. The first-order chi connectivity index (χ1) is 13.5. The lowest BCUT2D eigenvalue weighted by Crippen LogP contribution is -2.48. The zero-order chi connectivity index (χ0) is 19.9. The normalized spacial score (nSPS) is 16.2. The molecular weight excluding hydrogens is 427 g/mol. The molecule has 1 aromatic heterocycles. The summed E-state index contributed by atoms with van der Waals surface area (Å²) < 4.78 is 1.98. The van der Waals surface area contributed by atoms with Crippen molar-refractivity contribution in [2.45, 2.75) is 38.4 Å². The Labute approximate surface area is 189 Å². The average Bonchev–Trinajstić information content (AvgIpc) is 3.32. The summed E-state index contributed by atoms with van der Waals surface area (Å²) in [6.45, 7) is 4.35. The molecule has 1 saturated heterocycles. The number of carbonyl (C=O) groups excluding carboxylic acids is 2. The molecule has 2 heterocycles. The molecule has 0 spiro atoms. The first kappa shape index (κ1) is 25.7. The van der Waals surface area contributed by atoms with Crippen LogP contribution in [0.3, 0.4) is 0 Å². The first-order valence-corrected chi connectivity index (χ1v) is 9.68. The van der Waals surface area contributed by atoms with Crippen molar-refractivity contribution in [2.75, 3.05) is 19.6 Å². The van der Waals surface area contributed by atoms with E-state index in [4.69, 9.17) is 5.73 Å². The lowest BCUT2D eigenvalue weighted by molar-refractivity contribution is -0.123. The van der Waals surface area contributed by atoms with E-state index in [0.717, 1.165) is 18.7 Å². The van der Waals surface area contributed by atoms with Crippen molar-refractivity contribution in [3.63, 3.8) is 0 Å². The van der Waals surface area contributed by atoms with Gasteiger partial charge in [0, 0.05) is 44.8 Å². The fourth-order valence-corrected chi connectivity index (χ4v) is 3.34. The monoisotopic (exact) mass is 456 g/mol. The Morgan fingerprint density at radius 1 is 1.27 bits per heavy atom. The fourth-order valence-electron chi connectivity index (χ4n) is 3.34. The third-order valence-corrected chi connectivity index (χ3v) is 4.81. The standard InChI is InChI=1S/C20H28N6O2.2ClH/c1-2-22-20(28)26-9-8-16(13-26)24-19(27)18(21)10-17-12-25(14-23-17)11-15-6-4-3-5-7-15;;/h3-7,12,14,16,18H,2,8-11,13,21H2,1H3,(H,22,28)(H,24,27);2*1H/t16?,18-;;/m0../s1. The van der Waals surface area contributed by atoms with E-state index in [9.17, 15) is 9.59 Å². The molecule has 1 aliphatic heterocycles. The number of imidazole rings is 1. The zero-order valence-corrected chi connectivity index (χ0v) is 18.6. The number of carbonyl (C=O) groups is 2. The molecule has 1 unspecified atom stereocenters. The van der Waals surface area contributed by atoms with Gasteiger partial charge in [0.2, 0.25) is 5.91 Å². The van der Waals surface area contributed by atoms with Crippen molar-refractivity contribution in [3.8, 4) is 0 Å². The van der Waals surface area contributed by atoms with Gasteiger partial charge in [-0.15, -0.1) is 24.8 Å². The van der Waals surface area contributed by atoms with Crippen LogP contribution < -0.4 is 16.4 Å². The molecule has 3 rings (SSSR count). The third-order valence-electron chi connectivity index (χ3n) is 4.81. The van der Waals surface area contributed by atoms with Gasteiger partial charge in [-0.1, -0.05) is 30.3 Å². The molecule has 2 aromatic rings. The predicted octanol–water partition coefficient (Wildman–Crippen LogP) is 1.56. The molecule has 1 aliphatic rings. The molecule has 0 aliphatic carbocycles. The van der Waals surface area contributed by atoms with Crippen LogP contribution in [0.2, 0.25) is 0 Å². The molecule has 1 fully saturated rings. The van der Waals surface area contributed by atoms with E-state index in [0.29, 0.717) is 26.1 Å². The number of urea groups is 1. The van der Waals surface area contributed by atoms with Gasteiger partial charge in [-0.25, -0.2) is 9.78 Å². The van der Waals surface area contributed by atoms with Crippen molar-refractivity contribution in [1.82, 2.24) is 25.1 Å². The molecule has 10 heteroatoms. The summed E-state index contributed by atoms with van der Waals surface area (Å²) in [5.74, 6) is -0.208. The van der Waals surface area contributed by atoms with E-state index in [2.05, 4.69) is 27.8 Å². The smallest absolute Gasteiger partial charge is 0.317 e. The molecule has 3 amide bonds. The third kappa shape index (κ3) is 7.19. The highest BCUT2D eigenvalue weighted by Gasteiger charge is 2.28. The summed E-state index contributed by atoms with van der Waals surface area (Å²) in [5, 5.41) is 5.73. The van der Waals surface area contributed by atoms with E-state index in [1.54, 1.807) is 11.2 Å². The summed E-state index contributed by atoms with van der Waals surface area (Å²) in [7, 11) is 0. The second-order valence-electron chi connectivity index (χ2n) is 7.11. The lowest BCUT2D eigenvalue weighted by Gasteiger charge is -2.18. The number of amides is 3. The molecule has 30 heavy (non-hydrogen) atoms. The van der Waals surface area contributed by atoms with Gasteiger partial charge in [-0.05, 0) is 18.9 Å². The van der Waals surface area contributed by atoms with E-state index < -0.39 is 6.04 Å². The number of nitrogens with two attached hydrogens (primary N) is 1. The van der Waals surface area contributed by atoms with Gasteiger partial charge in [0.25, 0.3) is 0 Å². The van der Waals surface area contributed by atoms with Crippen LogP contribution in [0.5, 0.6) is 0 Å². The maximum Gasteiger partial charge on any atom is 0.317 e. The van der Waals surface area contributed by atoms with E-state index in [1.165, 1.54) is 5.56 Å². The SMILES string of the molecule is CCNC(=O)N1CCC(NC(=O)[C@@H](N)Cc2cn(Cc3ccccc3)cn2)C1.Cl.Cl. The summed E-state index contributed by atoms with van der Waals surface area (Å²) in [6, 6.07) is 9.30. The maximum atomic E-state index is 12.4. The number of aromatic nitrogens is 2. The minimum atomic E-state index is -0.668. The fraction of sp³-hybridized carbons (Fsp3) is 0.450. The highest BCUT2D eigenvalue weighted by molar-refractivity contribution is 5.85. The minimum absolute atomic E-state index is 0. The van der Waals surface area contributed by atoms with Crippen LogP contribution in [0.1, 0.15) is 24.6 Å². The zero-order valence-electron chi connectivity index (χ0n) is 17.0. The van der Waals surface area contributed by atoms with Crippen molar-refractivity contribution < 1.29 is 9.59 Å². The maximum absolute atomic E-state index is 12.4. The molecule has 0 radical (unpaired) electrons. The van der Waals surface area contributed by atoms with Crippen LogP contribution in [0.25, 0.3) is 0 Å². The molecule has 0 saturated carbocycles. The number of nitrogens with one attached hydrogen (secondary N) is 2. The molecule has 1 aromatic carbocycles. The summed E-state index contributed by atoms with van der Waals surface area (Å²) in [5.41, 5.74) is 8.05. The second kappa shape index (κ2) is 12.4. The number of halogens is 2. The Balaban J connectivity index is 0.00000225. The first-order valence-electron chi connectivity index (χ1n) is 9.68.